The molecule has 0 N–H and O–H groups in total. The number of hydrogen-bond donors (Lipinski definition) is 0. The second kappa shape index (κ2) is 11.8. The van der Waals surface area contributed by atoms with Crippen LogP contribution >= 0.6 is 11.8 Å². The number of tetrazole rings is 1. The minimum absolute atomic E-state index is 0.358. The van der Waals surface area contributed by atoms with E-state index in [9.17, 15) is 4.79 Å². The van der Waals surface area contributed by atoms with E-state index in [0.29, 0.717) is 11.4 Å². The molecule has 0 bridgehead atoms. The molecule has 214 valence electrons. The average molecular weight is 593 g/mol. The van der Waals surface area contributed by atoms with E-state index in [1.807, 2.05) is 77.5 Å². The number of hydrogen-bond acceptors (Lipinski definition) is 6. The molecule has 0 aliphatic carbocycles. The molecular formula is C37H28N4O2S. The average Bonchev–Trinajstić information content (AvgIpc) is 3.50. The van der Waals surface area contributed by atoms with Gasteiger partial charge in [0, 0.05) is 10.6 Å². The van der Waals surface area contributed by atoms with Crippen molar-refractivity contribution in [2.45, 2.75) is 16.2 Å². The number of thioether (sulfide) groups is 1. The van der Waals surface area contributed by atoms with Crippen LogP contribution in [0.1, 0.15) is 49.6 Å². The largest absolute Gasteiger partial charge is 0.465 e. The summed E-state index contributed by atoms with van der Waals surface area (Å²) in [6, 6.07) is 45.2. The van der Waals surface area contributed by atoms with Crippen LogP contribution in [-0.4, -0.2) is 33.3 Å². The molecule has 7 heteroatoms. The topological polar surface area (TPSA) is 69.9 Å². The number of benzene rings is 5. The molecule has 1 aliphatic heterocycles. The minimum atomic E-state index is -0.865. The minimum Gasteiger partial charge on any atom is -0.465 e. The molecule has 0 fully saturated rings. The number of carbonyl (C=O) groups is 1. The van der Waals surface area contributed by atoms with Gasteiger partial charge in [-0.1, -0.05) is 121 Å². The standard InChI is InChI=1S/C37H28N4O2S/c1-43-36(42)26-21-22-32-33(31-20-12-11-13-27(31)25-44-34(32)23-26)24-35-38-39-40-41(35)37(28-14-5-2-6-15-28,29-16-7-3-8-17-29)30-18-9-4-10-19-30/h2-24H,25H2,1H3/b33-24+. The van der Waals surface area contributed by atoms with E-state index in [0.717, 1.165) is 44.0 Å². The maximum atomic E-state index is 12.4. The van der Waals surface area contributed by atoms with Crippen LogP contribution in [0.3, 0.4) is 0 Å². The van der Waals surface area contributed by atoms with Crippen LogP contribution in [0.4, 0.5) is 0 Å². The van der Waals surface area contributed by atoms with Gasteiger partial charge in [-0.3, -0.25) is 0 Å². The lowest BCUT2D eigenvalue weighted by atomic mass is 9.77. The first-order valence-corrected chi connectivity index (χ1v) is 15.3. The maximum Gasteiger partial charge on any atom is 0.337 e. The van der Waals surface area contributed by atoms with Gasteiger partial charge in [0.2, 0.25) is 0 Å². The fraction of sp³-hybridized carbons (Fsp3) is 0.0811. The number of fused-ring (bicyclic) bond motifs is 2. The van der Waals surface area contributed by atoms with Gasteiger partial charge in [-0.15, -0.1) is 16.9 Å². The Hall–Kier alpha value is -5.27. The summed E-state index contributed by atoms with van der Waals surface area (Å²) in [6.45, 7) is 0. The van der Waals surface area contributed by atoms with Crippen LogP contribution in [0.25, 0.3) is 11.6 Å². The molecule has 1 aliphatic rings. The van der Waals surface area contributed by atoms with Crippen LogP contribution in [0.5, 0.6) is 0 Å². The Balaban J connectivity index is 1.52. The number of carbonyl (C=O) groups excluding carboxylic acids is 1. The van der Waals surface area contributed by atoms with Gasteiger partial charge in [0.15, 0.2) is 5.82 Å². The highest BCUT2D eigenvalue weighted by atomic mass is 32.2. The van der Waals surface area contributed by atoms with Crippen molar-refractivity contribution < 1.29 is 9.53 Å². The van der Waals surface area contributed by atoms with E-state index in [4.69, 9.17) is 9.95 Å². The van der Waals surface area contributed by atoms with Crippen molar-refractivity contribution in [2.24, 2.45) is 0 Å². The first kappa shape index (κ1) is 27.6. The fourth-order valence-electron chi connectivity index (χ4n) is 6.03. The molecule has 1 aromatic heterocycles. The Morgan fingerprint density at radius 3 is 1.98 bits per heavy atom. The third-order valence-electron chi connectivity index (χ3n) is 8.04. The molecule has 0 amide bonds. The molecule has 0 atom stereocenters. The number of esters is 1. The van der Waals surface area contributed by atoms with Gasteiger partial charge in [0.25, 0.3) is 0 Å². The van der Waals surface area contributed by atoms with Gasteiger partial charge in [-0.05, 0) is 67.6 Å². The van der Waals surface area contributed by atoms with Gasteiger partial charge in [0.1, 0.15) is 5.54 Å². The van der Waals surface area contributed by atoms with Crippen molar-refractivity contribution in [1.82, 2.24) is 20.2 Å². The highest BCUT2D eigenvalue weighted by Crippen LogP contribution is 2.44. The summed E-state index contributed by atoms with van der Waals surface area (Å²) in [5.74, 6) is 1.00. The number of rotatable bonds is 6. The van der Waals surface area contributed by atoms with Gasteiger partial charge in [-0.25, -0.2) is 9.48 Å². The van der Waals surface area contributed by atoms with Gasteiger partial charge < -0.3 is 4.74 Å². The molecule has 5 aromatic carbocycles. The lowest BCUT2D eigenvalue weighted by Gasteiger charge is -2.36. The first-order chi connectivity index (χ1) is 21.7. The number of aromatic nitrogens is 4. The molecule has 0 saturated heterocycles. The third kappa shape index (κ3) is 4.71. The predicted octanol–water partition coefficient (Wildman–Crippen LogP) is 7.49. The van der Waals surface area contributed by atoms with E-state index < -0.39 is 5.54 Å². The van der Waals surface area contributed by atoms with E-state index >= 15 is 0 Å². The van der Waals surface area contributed by atoms with Crippen LogP contribution in [0.15, 0.2) is 138 Å². The summed E-state index contributed by atoms with van der Waals surface area (Å²) in [5.41, 5.74) is 7.03. The Morgan fingerprint density at radius 1 is 0.773 bits per heavy atom. The fourth-order valence-corrected chi connectivity index (χ4v) is 7.14. The summed E-state index contributed by atoms with van der Waals surface area (Å²) >= 11 is 1.70. The number of nitrogens with zero attached hydrogens (tertiary/aromatic N) is 4. The zero-order chi connectivity index (χ0) is 29.9. The van der Waals surface area contributed by atoms with Crippen molar-refractivity contribution in [1.29, 1.82) is 0 Å². The Labute approximate surface area is 260 Å². The van der Waals surface area contributed by atoms with E-state index in [1.54, 1.807) is 11.8 Å². The normalized spacial score (nSPS) is 13.5. The monoisotopic (exact) mass is 592 g/mol. The molecule has 0 radical (unpaired) electrons. The second-order valence-electron chi connectivity index (χ2n) is 10.5. The molecule has 0 spiro atoms. The quantitative estimate of drug-likeness (QED) is 0.147. The number of ether oxygens (including phenoxy) is 1. The summed E-state index contributed by atoms with van der Waals surface area (Å²) in [4.78, 5) is 13.4. The molecule has 44 heavy (non-hydrogen) atoms. The van der Waals surface area contributed by atoms with Crippen molar-refractivity contribution in [3.05, 3.63) is 178 Å². The van der Waals surface area contributed by atoms with Crippen molar-refractivity contribution >= 4 is 29.4 Å². The molecule has 0 saturated carbocycles. The maximum absolute atomic E-state index is 12.4. The summed E-state index contributed by atoms with van der Waals surface area (Å²) in [6.07, 6.45) is 2.07. The van der Waals surface area contributed by atoms with Crippen LogP contribution in [0.2, 0.25) is 0 Å². The summed E-state index contributed by atoms with van der Waals surface area (Å²) in [7, 11) is 1.40. The van der Waals surface area contributed by atoms with Crippen LogP contribution in [-0.2, 0) is 16.0 Å². The van der Waals surface area contributed by atoms with Crippen molar-refractivity contribution in [2.75, 3.05) is 7.11 Å². The molecule has 6 aromatic rings. The molecule has 7 rings (SSSR count). The van der Waals surface area contributed by atoms with Gasteiger partial charge >= 0.3 is 5.97 Å². The molecule has 0 unspecified atom stereocenters. The van der Waals surface area contributed by atoms with E-state index in [1.165, 1.54) is 12.7 Å². The lowest BCUT2D eigenvalue weighted by molar-refractivity contribution is 0.0600. The van der Waals surface area contributed by atoms with Crippen molar-refractivity contribution in [3.63, 3.8) is 0 Å². The van der Waals surface area contributed by atoms with E-state index in [2.05, 4.69) is 77.1 Å². The zero-order valence-corrected chi connectivity index (χ0v) is 24.8. The highest BCUT2D eigenvalue weighted by molar-refractivity contribution is 7.98. The Bertz CT molecular complexity index is 1870. The lowest BCUT2D eigenvalue weighted by Crippen LogP contribution is -2.39. The molecular weight excluding hydrogens is 565 g/mol. The Morgan fingerprint density at radius 2 is 1.36 bits per heavy atom. The van der Waals surface area contributed by atoms with Crippen molar-refractivity contribution in [3.8, 4) is 0 Å². The molecule has 6 nitrogen and oxygen atoms in total. The number of methoxy groups -OCH3 is 1. The summed E-state index contributed by atoms with van der Waals surface area (Å²) in [5, 5.41) is 13.6. The van der Waals surface area contributed by atoms with Crippen LogP contribution < -0.4 is 0 Å². The second-order valence-corrected chi connectivity index (χ2v) is 11.5. The van der Waals surface area contributed by atoms with Gasteiger partial charge in [-0.2, -0.15) is 0 Å². The Kier molecular flexibility index (Phi) is 7.38. The smallest absolute Gasteiger partial charge is 0.337 e. The van der Waals surface area contributed by atoms with Crippen LogP contribution in [0, 0.1) is 0 Å². The summed E-state index contributed by atoms with van der Waals surface area (Å²) < 4.78 is 6.95. The third-order valence-corrected chi connectivity index (χ3v) is 9.15. The van der Waals surface area contributed by atoms with Gasteiger partial charge in [0.05, 0.1) is 12.7 Å². The predicted molar refractivity (Wildman–Crippen MR) is 173 cm³/mol. The highest BCUT2D eigenvalue weighted by Gasteiger charge is 2.41. The zero-order valence-electron chi connectivity index (χ0n) is 24.0. The van der Waals surface area contributed by atoms with E-state index in [-0.39, 0.29) is 5.97 Å². The molecule has 2 heterocycles. The first-order valence-electron chi connectivity index (χ1n) is 14.3. The SMILES string of the molecule is COC(=O)c1ccc2c(c1)SCc1ccccc1/C2=C\c1nnnn1C(c1ccccc1)(c1ccccc1)c1ccccc1.